The number of Topliss-reactive ketones (excluding diaryl/α,β-unsaturated/α-hetero) is 2. The van der Waals surface area contributed by atoms with Gasteiger partial charge >= 0.3 is 18.2 Å². The van der Waals surface area contributed by atoms with Crippen LogP contribution < -0.4 is 10.6 Å². The van der Waals surface area contributed by atoms with Crippen LogP contribution >= 0.6 is 0 Å². The Hall–Kier alpha value is -4.84. The maximum atomic E-state index is 16.9. The Morgan fingerprint density at radius 2 is 1.75 bits per heavy atom. The molecular formula is C44H60FN5O11. The lowest BCUT2D eigenvalue weighted by molar-refractivity contribution is -0.292. The van der Waals surface area contributed by atoms with Crippen molar-refractivity contribution < 1.29 is 57.2 Å². The number of carbonyl (C=O) groups excluding carboxylic acids is 5. The summed E-state index contributed by atoms with van der Waals surface area (Å²) in [6.45, 7) is 11.6. The number of aromatic nitrogens is 2. The average molecular weight is 854 g/mol. The summed E-state index contributed by atoms with van der Waals surface area (Å²) in [5.74, 6) is -6.69. The third kappa shape index (κ3) is 10.3. The number of hydrogen-bond acceptors (Lipinski definition) is 14. The van der Waals surface area contributed by atoms with Crippen LogP contribution in [0.5, 0.6) is 0 Å². The van der Waals surface area contributed by atoms with E-state index in [1.807, 2.05) is 24.3 Å². The molecule has 0 aliphatic carbocycles. The molecule has 5 rings (SSSR count). The highest BCUT2D eigenvalue weighted by Crippen LogP contribution is 2.41. The summed E-state index contributed by atoms with van der Waals surface area (Å²) in [4.78, 5) is 79.3. The Morgan fingerprint density at radius 3 is 2.38 bits per heavy atom. The number of alkyl halides is 1. The number of nitrogens with one attached hydrogen (secondary N) is 2. The van der Waals surface area contributed by atoms with E-state index in [2.05, 4.69) is 20.6 Å². The Bertz CT molecular complexity index is 1930. The van der Waals surface area contributed by atoms with Crippen molar-refractivity contribution in [1.82, 2.24) is 25.5 Å². The van der Waals surface area contributed by atoms with E-state index in [0.29, 0.717) is 12.1 Å². The van der Waals surface area contributed by atoms with Gasteiger partial charge in [0, 0.05) is 48.3 Å². The second-order valence-electron chi connectivity index (χ2n) is 17.3. The molecule has 3 aliphatic rings. The van der Waals surface area contributed by atoms with Crippen molar-refractivity contribution in [3.8, 4) is 11.3 Å². The molecular weight excluding hydrogens is 794 g/mol. The number of ketones is 2. The number of cyclic esters (lactones) is 1. The summed E-state index contributed by atoms with van der Waals surface area (Å²) < 4.78 is 46.9. The molecule has 0 spiro atoms. The number of amides is 2. The first-order valence-corrected chi connectivity index (χ1v) is 20.8. The van der Waals surface area contributed by atoms with E-state index in [-0.39, 0.29) is 25.2 Å². The largest absolute Gasteiger partial charge is 0.455 e. The fourth-order valence-electron chi connectivity index (χ4n) is 8.89. The molecule has 3 fully saturated rings. The number of aliphatic hydroxyl groups is 1. The minimum atomic E-state index is -3.29. The van der Waals surface area contributed by atoms with Gasteiger partial charge in [-0.3, -0.25) is 19.6 Å². The molecule has 0 radical (unpaired) electrons. The Kier molecular flexibility index (Phi) is 14.7. The summed E-state index contributed by atoms with van der Waals surface area (Å²) in [7, 11) is 3.55. The van der Waals surface area contributed by atoms with Crippen LogP contribution in [-0.2, 0) is 38.1 Å². The van der Waals surface area contributed by atoms with Crippen LogP contribution in [0.25, 0.3) is 17.3 Å². The first kappa shape index (κ1) is 47.2. The van der Waals surface area contributed by atoms with Crippen molar-refractivity contribution in [1.29, 1.82) is 0 Å². The van der Waals surface area contributed by atoms with E-state index in [0.717, 1.165) is 18.1 Å². The fourth-order valence-corrected chi connectivity index (χ4v) is 8.89. The molecule has 1 aromatic carbocycles. The van der Waals surface area contributed by atoms with E-state index in [1.165, 1.54) is 20.8 Å². The number of benzene rings is 1. The fraction of sp³-hybridized carbons (Fsp3) is 0.614. The Balaban J connectivity index is 1.50. The number of nitrogens with zero attached hydrogens (tertiary/aromatic N) is 3. The van der Waals surface area contributed by atoms with Gasteiger partial charge in [-0.05, 0) is 66.6 Å². The smallest absolute Gasteiger partial charge is 0.408 e. The number of alkyl carbamates (subject to hydrolysis) is 2. The lowest BCUT2D eigenvalue weighted by Crippen LogP contribution is -2.62. The van der Waals surface area contributed by atoms with Gasteiger partial charge in [0.05, 0.1) is 24.0 Å². The van der Waals surface area contributed by atoms with Crippen LogP contribution in [0.15, 0.2) is 48.9 Å². The van der Waals surface area contributed by atoms with Gasteiger partial charge in [-0.2, -0.15) is 0 Å². The van der Waals surface area contributed by atoms with Gasteiger partial charge in [0.1, 0.15) is 29.7 Å². The topological polar surface area (TPSA) is 205 Å². The van der Waals surface area contributed by atoms with Gasteiger partial charge in [-0.25, -0.2) is 18.8 Å². The number of ether oxygens (including phenoxy) is 5. The Labute approximate surface area is 356 Å². The van der Waals surface area contributed by atoms with Gasteiger partial charge in [0.15, 0.2) is 17.7 Å². The molecule has 3 saturated heterocycles. The first-order valence-electron chi connectivity index (χ1n) is 20.8. The highest BCUT2D eigenvalue weighted by Gasteiger charge is 2.60. The highest BCUT2D eigenvalue weighted by atomic mass is 19.1. The molecule has 334 valence electrons. The number of rotatable bonds is 9. The lowest BCUT2D eigenvalue weighted by Gasteiger charge is -2.47. The molecule has 61 heavy (non-hydrogen) atoms. The predicted molar refractivity (Wildman–Crippen MR) is 220 cm³/mol. The van der Waals surface area contributed by atoms with Gasteiger partial charge in [-0.15, -0.1) is 0 Å². The van der Waals surface area contributed by atoms with Crippen LogP contribution in [0.4, 0.5) is 14.0 Å². The molecule has 16 nitrogen and oxygen atoms in total. The minimum absolute atomic E-state index is 0.00816. The number of esters is 1. The first-order chi connectivity index (χ1) is 28.6. The Morgan fingerprint density at radius 1 is 1.07 bits per heavy atom. The summed E-state index contributed by atoms with van der Waals surface area (Å²) in [5, 5.41) is 16.9. The SMILES string of the molecule is CC[C@H]1OC(=O)[C@@](C)(F)C(=O)[C@H](C)[C@@H](O[C@@H]2O[C@H](C)C[C@H](N(C)C)[C@H]2O)[C@](C)(OC(=O)NC/C=C/c2ccc(-c3cnccn3)cc2)C[C@@H](C)C(=O)[C@H](C)[C@H]2NC(=O)O[C@@]21C. The molecule has 0 bridgehead atoms. The van der Waals surface area contributed by atoms with Crippen LogP contribution in [0.3, 0.4) is 0 Å². The van der Waals surface area contributed by atoms with Crippen LogP contribution in [-0.4, -0.2) is 130 Å². The molecule has 1 aromatic heterocycles. The molecule has 17 heteroatoms. The molecule has 4 heterocycles. The van der Waals surface area contributed by atoms with E-state index in [9.17, 15) is 29.1 Å². The quantitative estimate of drug-likeness (QED) is 0.176. The number of aliphatic hydroxyl groups excluding tert-OH is 1. The second-order valence-corrected chi connectivity index (χ2v) is 17.3. The second kappa shape index (κ2) is 19.1. The van der Waals surface area contributed by atoms with Gasteiger partial charge in [0.25, 0.3) is 5.67 Å². The molecule has 3 N–H and O–H groups in total. The van der Waals surface area contributed by atoms with E-state index < -0.39 is 101 Å². The zero-order valence-corrected chi connectivity index (χ0v) is 36.5. The van der Waals surface area contributed by atoms with Crippen molar-refractivity contribution >= 4 is 35.8 Å². The zero-order valence-electron chi connectivity index (χ0n) is 36.5. The van der Waals surface area contributed by atoms with E-state index in [4.69, 9.17) is 23.7 Å². The summed E-state index contributed by atoms with van der Waals surface area (Å²) in [5.41, 5.74) is -4.43. The van der Waals surface area contributed by atoms with Crippen molar-refractivity contribution in [2.75, 3.05) is 20.6 Å². The van der Waals surface area contributed by atoms with Crippen molar-refractivity contribution in [2.24, 2.45) is 17.8 Å². The van der Waals surface area contributed by atoms with Crippen LogP contribution in [0, 0.1) is 17.8 Å². The van der Waals surface area contributed by atoms with Crippen molar-refractivity contribution in [2.45, 2.75) is 134 Å². The third-order valence-electron chi connectivity index (χ3n) is 12.3. The normalized spacial score (nSPS) is 36.4. The standard InChI is InChI=1S/C44H60FN5O11/c1-11-32-44(8)35(49-41(56)61-44)26(4)33(51)24(2)22-42(6,60-40(55)48-18-12-13-28-14-16-29(17-15-28)30-23-46-19-20-47-30)37(27(5)36(53)43(7,45)39(54)58-32)59-38-34(52)31(50(9)10)21-25(3)57-38/h12-17,19-20,23-27,31-32,34-35,37-38,52H,11,18,21-22H2,1-10H3,(H,48,55)(H,49,56)/b13-12+/t24-,25-,26+,27+,31+,32-,34-,35-,37-,38+,42-,43+,44-/m1/s1. The molecule has 0 saturated carbocycles. The summed E-state index contributed by atoms with van der Waals surface area (Å²) in [6.07, 6.45) is 0.690. The molecule has 0 unspecified atom stereocenters. The summed E-state index contributed by atoms with van der Waals surface area (Å²) in [6, 6.07) is 6.03. The van der Waals surface area contributed by atoms with Crippen LogP contribution in [0.1, 0.15) is 80.2 Å². The van der Waals surface area contributed by atoms with Gasteiger partial charge in [-0.1, -0.05) is 64.1 Å². The van der Waals surface area contributed by atoms with E-state index in [1.54, 1.807) is 77.4 Å². The molecule has 2 aromatic rings. The number of carbonyl (C=O) groups is 5. The highest BCUT2D eigenvalue weighted by molar-refractivity contribution is 6.08. The summed E-state index contributed by atoms with van der Waals surface area (Å²) >= 11 is 0. The number of likely N-dealkylation sites (N-methyl/N-ethyl adjacent to an activating group) is 1. The predicted octanol–water partition coefficient (Wildman–Crippen LogP) is 4.82. The maximum absolute atomic E-state index is 16.9. The monoisotopic (exact) mass is 853 g/mol. The average Bonchev–Trinajstić information content (AvgIpc) is 3.54. The van der Waals surface area contributed by atoms with Crippen molar-refractivity contribution in [3.05, 3.63) is 54.5 Å². The van der Waals surface area contributed by atoms with Crippen LogP contribution in [0.2, 0.25) is 0 Å². The number of halogens is 1. The van der Waals surface area contributed by atoms with Gasteiger partial charge in [0.2, 0.25) is 0 Å². The van der Waals surface area contributed by atoms with Gasteiger partial charge < -0.3 is 44.3 Å². The van der Waals surface area contributed by atoms with E-state index >= 15 is 4.39 Å². The maximum Gasteiger partial charge on any atom is 0.408 e. The minimum Gasteiger partial charge on any atom is -0.455 e. The number of hydrogen-bond donors (Lipinski definition) is 3. The third-order valence-corrected chi connectivity index (χ3v) is 12.3. The molecule has 13 atom stereocenters. The zero-order chi connectivity index (χ0) is 45.0. The molecule has 2 amide bonds. The lowest BCUT2D eigenvalue weighted by atomic mass is 9.73. The number of fused-ring (bicyclic) bond motifs is 1. The van der Waals surface area contributed by atoms with Crippen molar-refractivity contribution in [3.63, 3.8) is 0 Å². The molecule has 3 aliphatic heterocycles.